The predicted molar refractivity (Wildman–Crippen MR) is 54.1 cm³/mol. The molecule has 0 radical (unpaired) electrons. The van der Waals surface area contributed by atoms with E-state index in [-0.39, 0.29) is 5.82 Å². The Morgan fingerprint density at radius 3 is 3.13 bits per heavy atom. The third-order valence-corrected chi connectivity index (χ3v) is 2.61. The molecule has 76 valence electrons. The van der Waals surface area contributed by atoms with E-state index in [0.717, 1.165) is 23.5 Å². The zero-order chi connectivity index (χ0) is 10.3. The van der Waals surface area contributed by atoms with Crippen LogP contribution in [0.2, 0.25) is 0 Å². The van der Waals surface area contributed by atoms with Crippen molar-refractivity contribution < 1.29 is 4.39 Å². The monoisotopic (exact) mass is 203 g/mol. The first-order valence-electron chi connectivity index (χ1n) is 4.87. The van der Waals surface area contributed by atoms with Crippen molar-refractivity contribution in [3.8, 4) is 5.69 Å². The molecule has 3 rings (SSSR count). The molecule has 1 aromatic heterocycles. The molecule has 0 saturated carbocycles. The Bertz CT molecular complexity index is 504. The van der Waals surface area contributed by atoms with Crippen LogP contribution < -0.4 is 5.32 Å². The minimum absolute atomic E-state index is 0.203. The van der Waals surface area contributed by atoms with Gasteiger partial charge in [0.1, 0.15) is 5.82 Å². The molecule has 0 saturated heterocycles. The normalized spacial score (nSPS) is 14.2. The van der Waals surface area contributed by atoms with Crippen LogP contribution in [0, 0.1) is 5.82 Å². The summed E-state index contributed by atoms with van der Waals surface area (Å²) in [5, 5.41) is 7.49. The summed E-state index contributed by atoms with van der Waals surface area (Å²) in [7, 11) is 0. The molecule has 2 heterocycles. The van der Waals surface area contributed by atoms with Crippen LogP contribution in [0.1, 0.15) is 11.3 Å². The Balaban J connectivity index is 2.25. The lowest BCUT2D eigenvalue weighted by molar-refractivity contribution is 0.621. The fraction of sp³-hybridized carbons (Fsp3) is 0.182. The van der Waals surface area contributed by atoms with Gasteiger partial charge in [-0.3, -0.25) is 0 Å². The summed E-state index contributed by atoms with van der Waals surface area (Å²) in [6.07, 6.45) is 1.76. The Hall–Kier alpha value is -1.68. The van der Waals surface area contributed by atoms with Gasteiger partial charge in [-0.1, -0.05) is 0 Å². The van der Waals surface area contributed by atoms with Crippen molar-refractivity contribution >= 4 is 0 Å². The SMILES string of the molecule is Fc1ccc2c(c1)CNCc1ccnn1-2. The van der Waals surface area contributed by atoms with Crippen LogP contribution in [0.3, 0.4) is 0 Å². The molecule has 0 unspecified atom stereocenters. The molecule has 0 bridgehead atoms. The minimum atomic E-state index is -0.203. The fourth-order valence-electron chi connectivity index (χ4n) is 1.91. The zero-order valence-electron chi connectivity index (χ0n) is 8.07. The van der Waals surface area contributed by atoms with Gasteiger partial charge in [0.15, 0.2) is 0 Å². The van der Waals surface area contributed by atoms with E-state index in [2.05, 4.69) is 10.4 Å². The van der Waals surface area contributed by atoms with Crippen LogP contribution in [0.5, 0.6) is 0 Å². The van der Waals surface area contributed by atoms with Gasteiger partial charge in [0.25, 0.3) is 0 Å². The largest absolute Gasteiger partial charge is 0.307 e. The Labute approximate surface area is 86.5 Å². The van der Waals surface area contributed by atoms with Crippen molar-refractivity contribution in [1.82, 2.24) is 15.1 Å². The van der Waals surface area contributed by atoms with E-state index in [9.17, 15) is 4.39 Å². The number of benzene rings is 1. The van der Waals surface area contributed by atoms with Crippen molar-refractivity contribution in [3.05, 3.63) is 47.5 Å². The lowest BCUT2D eigenvalue weighted by atomic mass is 10.2. The number of aromatic nitrogens is 2. The highest BCUT2D eigenvalue weighted by atomic mass is 19.1. The van der Waals surface area contributed by atoms with Gasteiger partial charge in [0.2, 0.25) is 0 Å². The summed E-state index contributed by atoms with van der Waals surface area (Å²) in [4.78, 5) is 0. The molecule has 0 fully saturated rings. The number of rotatable bonds is 0. The minimum Gasteiger partial charge on any atom is -0.307 e. The standard InChI is InChI=1S/C11H10FN3/c12-9-1-2-11-8(5-9)6-13-7-10-3-4-14-15(10)11/h1-5,13H,6-7H2. The van der Waals surface area contributed by atoms with Crippen molar-refractivity contribution in [2.24, 2.45) is 0 Å². The van der Waals surface area contributed by atoms with Crippen LogP contribution in [0.25, 0.3) is 5.69 Å². The lowest BCUT2D eigenvalue weighted by Gasteiger charge is -2.07. The van der Waals surface area contributed by atoms with E-state index in [1.54, 1.807) is 18.3 Å². The fourth-order valence-corrected chi connectivity index (χ4v) is 1.91. The Morgan fingerprint density at radius 2 is 2.20 bits per heavy atom. The first-order chi connectivity index (χ1) is 7.34. The topological polar surface area (TPSA) is 29.9 Å². The van der Waals surface area contributed by atoms with Crippen molar-refractivity contribution in [3.63, 3.8) is 0 Å². The highest BCUT2D eigenvalue weighted by Gasteiger charge is 2.13. The highest BCUT2D eigenvalue weighted by molar-refractivity contribution is 5.42. The van der Waals surface area contributed by atoms with Crippen LogP contribution in [0.4, 0.5) is 4.39 Å². The third-order valence-electron chi connectivity index (χ3n) is 2.61. The molecule has 1 aliphatic heterocycles. The van der Waals surface area contributed by atoms with Gasteiger partial charge in [0, 0.05) is 19.3 Å². The molecule has 2 aromatic rings. The highest BCUT2D eigenvalue weighted by Crippen LogP contribution is 2.20. The molecular weight excluding hydrogens is 193 g/mol. The van der Waals surface area contributed by atoms with Crippen LogP contribution in [0.15, 0.2) is 30.5 Å². The molecule has 1 aromatic carbocycles. The quantitative estimate of drug-likeness (QED) is 0.705. The Kier molecular flexibility index (Phi) is 1.82. The summed E-state index contributed by atoms with van der Waals surface area (Å²) >= 11 is 0. The average Bonchev–Trinajstić information content (AvgIpc) is 2.61. The number of hydrogen-bond acceptors (Lipinski definition) is 2. The van der Waals surface area contributed by atoms with Gasteiger partial charge < -0.3 is 5.32 Å². The smallest absolute Gasteiger partial charge is 0.123 e. The number of fused-ring (bicyclic) bond motifs is 3. The van der Waals surface area contributed by atoms with E-state index < -0.39 is 0 Å². The maximum Gasteiger partial charge on any atom is 0.123 e. The second kappa shape index (κ2) is 3.17. The molecule has 1 aliphatic rings. The molecule has 15 heavy (non-hydrogen) atoms. The van der Waals surface area contributed by atoms with E-state index in [1.165, 1.54) is 6.07 Å². The van der Waals surface area contributed by atoms with Crippen molar-refractivity contribution in [2.45, 2.75) is 13.1 Å². The summed E-state index contributed by atoms with van der Waals surface area (Å²) in [6, 6.07) is 6.76. The lowest BCUT2D eigenvalue weighted by Crippen LogP contribution is -2.10. The molecule has 0 atom stereocenters. The maximum absolute atomic E-state index is 13.1. The summed E-state index contributed by atoms with van der Waals surface area (Å²) in [5.74, 6) is -0.203. The van der Waals surface area contributed by atoms with Crippen molar-refractivity contribution in [2.75, 3.05) is 0 Å². The van der Waals surface area contributed by atoms with E-state index in [0.29, 0.717) is 6.54 Å². The number of hydrogen-bond donors (Lipinski definition) is 1. The molecule has 3 nitrogen and oxygen atoms in total. The summed E-state index contributed by atoms with van der Waals surface area (Å²) in [6.45, 7) is 1.44. The molecule has 0 aliphatic carbocycles. The van der Waals surface area contributed by atoms with E-state index in [1.807, 2.05) is 10.7 Å². The predicted octanol–water partition coefficient (Wildman–Crippen LogP) is 1.61. The molecular formula is C11H10FN3. The van der Waals surface area contributed by atoms with Gasteiger partial charge >= 0.3 is 0 Å². The van der Waals surface area contributed by atoms with Gasteiger partial charge in [0.05, 0.1) is 11.4 Å². The Morgan fingerprint density at radius 1 is 1.27 bits per heavy atom. The van der Waals surface area contributed by atoms with Gasteiger partial charge in [-0.15, -0.1) is 0 Å². The average molecular weight is 203 g/mol. The number of halogens is 1. The second-order valence-corrected chi connectivity index (χ2v) is 3.61. The van der Waals surface area contributed by atoms with E-state index >= 15 is 0 Å². The van der Waals surface area contributed by atoms with Crippen LogP contribution >= 0.6 is 0 Å². The molecule has 1 N–H and O–H groups in total. The van der Waals surface area contributed by atoms with Gasteiger partial charge in [-0.25, -0.2) is 9.07 Å². The summed E-state index contributed by atoms with van der Waals surface area (Å²) in [5.41, 5.74) is 3.00. The molecule has 0 amide bonds. The van der Waals surface area contributed by atoms with Crippen LogP contribution in [-0.2, 0) is 13.1 Å². The second-order valence-electron chi connectivity index (χ2n) is 3.61. The van der Waals surface area contributed by atoms with Gasteiger partial charge in [-0.2, -0.15) is 5.10 Å². The zero-order valence-corrected chi connectivity index (χ0v) is 8.07. The first-order valence-corrected chi connectivity index (χ1v) is 4.87. The number of nitrogens with one attached hydrogen (secondary N) is 1. The van der Waals surface area contributed by atoms with Crippen LogP contribution in [-0.4, -0.2) is 9.78 Å². The van der Waals surface area contributed by atoms with Gasteiger partial charge in [-0.05, 0) is 29.8 Å². The first kappa shape index (κ1) is 8.61. The molecule has 4 heteroatoms. The molecule has 0 spiro atoms. The maximum atomic E-state index is 13.1. The summed E-state index contributed by atoms with van der Waals surface area (Å²) < 4.78 is 14.9. The third kappa shape index (κ3) is 1.34. The van der Waals surface area contributed by atoms with Crippen molar-refractivity contribution in [1.29, 1.82) is 0 Å². The van der Waals surface area contributed by atoms with E-state index in [4.69, 9.17) is 0 Å². The number of nitrogens with zero attached hydrogens (tertiary/aromatic N) is 2.